The summed E-state index contributed by atoms with van der Waals surface area (Å²) >= 11 is 5.66. The number of amides is 1. The van der Waals surface area contributed by atoms with Crippen LogP contribution in [0.15, 0.2) is 42.6 Å². The van der Waals surface area contributed by atoms with Crippen LogP contribution >= 0.6 is 11.6 Å². The van der Waals surface area contributed by atoms with Gasteiger partial charge in [-0.2, -0.15) is 13.2 Å². The van der Waals surface area contributed by atoms with Gasteiger partial charge in [-0.1, -0.05) is 23.7 Å². The Balaban J connectivity index is 1.98. The number of carbonyl (C=O) groups excluding carboxylic acids is 1. The number of benzene rings is 1. The minimum absolute atomic E-state index is 0.0392. The molecule has 0 bridgehead atoms. The third kappa shape index (κ3) is 4.46. The Labute approximate surface area is 123 Å². The number of pyridine rings is 1. The smallest absolute Gasteiger partial charge is 0.310 e. The van der Waals surface area contributed by atoms with Gasteiger partial charge >= 0.3 is 6.18 Å². The van der Waals surface area contributed by atoms with Crippen molar-refractivity contribution in [2.45, 2.75) is 12.6 Å². The maximum atomic E-state index is 12.4. The second kappa shape index (κ2) is 6.13. The number of nitrogens with zero attached hydrogens (tertiary/aromatic N) is 1. The molecule has 1 aromatic heterocycles. The Bertz CT molecular complexity index is 624. The molecule has 2 aromatic rings. The van der Waals surface area contributed by atoms with Crippen molar-refractivity contribution >= 4 is 23.3 Å². The molecule has 7 heteroatoms. The zero-order valence-corrected chi connectivity index (χ0v) is 11.4. The molecule has 0 aliphatic carbocycles. The van der Waals surface area contributed by atoms with E-state index in [1.807, 2.05) is 0 Å². The maximum absolute atomic E-state index is 12.4. The highest BCUT2D eigenvalue weighted by Gasteiger charge is 2.29. The lowest BCUT2D eigenvalue weighted by atomic mass is 10.1. The molecule has 0 aliphatic rings. The lowest BCUT2D eigenvalue weighted by Crippen LogP contribution is -2.15. The second-order valence-electron chi connectivity index (χ2n) is 4.28. The molecule has 0 saturated heterocycles. The van der Waals surface area contributed by atoms with E-state index in [0.717, 1.165) is 12.1 Å². The summed E-state index contributed by atoms with van der Waals surface area (Å²) < 4.78 is 37.2. The molecule has 1 amide bonds. The van der Waals surface area contributed by atoms with Crippen LogP contribution in [0.25, 0.3) is 0 Å². The SMILES string of the molecule is O=C(Cc1ccc(C(F)(F)F)cc1)Nc1ccc(Cl)cn1. The molecular weight excluding hydrogens is 305 g/mol. The Morgan fingerprint density at radius 2 is 1.81 bits per heavy atom. The van der Waals surface area contributed by atoms with Crippen LogP contribution in [0.1, 0.15) is 11.1 Å². The van der Waals surface area contributed by atoms with E-state index in [9.17, 15) is 18.0 Å². The number of alkyl halides is 3. The average Bonchev–Trinajstić information content (AvgIpc) is 2.41. The van der Waals surface area contributed by atoms with Crippen LogP contribution in [0.4, 0.5) is 19.0 Å². The van der Waals surface area contributed by atoms with Gasteiger partial charge in [0.25, 0.3) is 0 Å². The molecular formula is C14H10ClF3N2O. The van der Waals surface area contributed by atoms with E-state index in [1.165, 1.54) is 24.4 Å². The van der Waals surface area contributed by atoms with Crippen molar-refractivity contribution < 1.29 is 18.0 Å². The van der Waals surface area contributed by atoms with E-state index in [1.54, 1.807) is 6.07 Å². The van der Waals surface area contributed by atoms with Gasteiger partial charge in [-0.15, -0.1) is 0 Å². The first-order valence-electron chi connectivity index (χ1n) is 5.92. The zero-order chi connectivity index (χ0) is 15.5. The van der Waals surface area contributed by atoms with Crippen molar-refractivity contribution in [1.29, 1.82) is 0 Å². The van der Waals surface area contributed by atoms with E-state index >= 15 is 0 Å². The summed E-state index contributed by atoms with van der Waals surface area (Å²) in [4.78, 5) is 15.6. The maximum Gasteiger partial charge on any atom is 0.416 e. The minimum atomic E-state index is -4.38. The Morgan fingerprint density at radius 1 is 1.14 bits per heavy atom. The summed E-state index contributed by atoms with van der Waals surface area (Å²) in [5.41, 5.74) is -0.263. The molecule has 0 spiro atoms. The molecule has 3 nitrogen and oxygen atoms in total. The molecule has 2 rings (SSSR count). The molecule has 0 fully saturated rings. The predicted molar refractivity (Wildman–Crippen MR) is 73.0 cm³/mol. The quantitative estimate of drug-likeness (QED) is 0.932. The number of anilines is 1. The number of carbonyl (C=O) groups is 1. The van der Waals surface area contributed by atoms with E-state index in [4.69, 9.17) is 11.6 Å². The van der Waals surface area contributed by atoms with Gasteiger partial charge in [-0.3, -0.25) is 4.79 Å². The van der Waals surface area contributed by atoms with Crippen LogP contribution in [0.5, 0.6) is 0 Å². The highest BCUT2D eigenvalue weighted by molar-refractivity contribution is 6.30. The van der Waals surface area contributed by atoms with E-state index in [2.05, 4.69) is 10.3 Å². The highest BCUT2D eigenvalue weighted by Crippen LogP contribution is 2.29. The van der Waals surface area contributed by atoms with Gasteiger partial charge < -0.3 is 5.32 Å². The van der Waals surface area contributed by atoms with Crippen molar-refractivity contribution in [3.63, 3.8) is 0 Å². The first kappa shape index (κ1) is 15.3. The molecule has 0 aliphatic heterocycles. The summed E-state index contributed by atoms with van der Waals surface area (Å²) in [6.07, 6.45) is -3.04. The van der Waals surface area contributed by atoms with Crippen LogP contribution < -0.4 is 5.32 Å². The normalized spacial score (nSPS) is 11.2. The lowest BCUT2D eigenvalue weighted by molar-refractivity contribution is -0.137. The summed E-state index contributed by atoms with van der Waals surface area (Å²) in [6.45, 7) is 0. The van der Waals surface area contributed by atoms with Crippen LogP contribution in [0, 0.1) is 0 Å². The second-order valence-corrected chi connectivity index (χ2v) is 4.72. The fourth-order valence-electron chi connectivity index (χ4n) is 1.63. The molecule has 1 N–H and O–H groups in total. The first-order valence-corrected chi connectivity index (χ1v) is 6.30. The Hall–Kier alpha value is -2.08. The fraction of sp³-hybridized carbons (Fsp3) is 0.143. The van der Waals surface area contributed by atoms with Crippen LogP contribution in [0.3, 0.4) is 0 Å². The monoisotopic (exact) mass is 314 g/mol. The summed E-state index contributed by atoms with van der Waals surface area (Å²) in [5.74, 6) is -0.0408. The lowest BCUT2D eigenvalue weighted by Gasteiger charge is -2.08. The molecule has 1 heterocycles. The van der Waals surface area contributed by atoms with Gasteiger partial charge in [0.1, 0.15) is 5.82 Å². The Kier molecular flexibility index (Phi) is 4.47. The van der Waals surface area contributed by atoms with Crippen LogP contribution in [0.2, 0.25) is 5.02 Å². The van der Waals surface area contributed by atoms with Crippen molar-refractivity contribution in [1.82, 2.24) is 4.98 Å². The number of halogens is 4. The number of nitrogens with one attached hydrogen (secondary N) is 1. The van der Waals surface area contributed by atoms with Gasteiger partial charge in [0.05, 0.1) is 17.0 Å². The number of aromatic nitrogens is 1. The minimum Gasteiger partial charge on any atom is -0.310 e. The molecule has 0 unspecified atom stereocenters. The summed E-state index contributed by atoms with van der Waals surface area (Å²) in [7, 11) is 0. The highest BCUT2D eigenvalue weighted by atomic mass is 35.5. The van der Waals surface area contributed by atoms with Crippen LogP contribution in [-0.4, -0.2) is 10.9 Å². The molecule has 110 valence electrons. The van der Waals surface area contributed by atoms with Crippen molar-refractivity contribution in [3.05, 3.63) is 58.7 Å². The number of hydrogen-bond acceptors (Lipinski definition) is 2. The number of hydrogen-bond donors (Lipinski definition) is 1. The third-order valence-corrected chi connectivity index (χ3v) is 2.86. The van der Waals surface area contributed by atoms with E-state index in [0.29, 0.717) is 16.4 Å². The first-order chi connectivity index (χ1) is 9.84. The zero-order valence-electron chi connectivity index (χ0n) is 10.6. The van der Waals surface area contributed by atoms with E-state index < -0.39 is 11.7 Å². The predicted octanol–water partition coefficient (Wildman–Crippen LogP) is 3.94. The number of rotatable bonds is 3. The third-order valence-electron chi connectivity index (χ3n) is 2.64. The fourth-order valence-corrected chi connectivity index (χ4v) is 1.75. The van der Waals surface area contributed by atoms with Crippen molar-refractivity contribution in [2.24, 2.45) is 0 Å². The van der Waals surface area contributed by atoms with E-state index in [-0.39, 0.29) is 12.3 Å². The Morgan fingerprint density at radius 3 is 2.33 bits per heavy atom. The van der Waals surface area contributed by atoms with Gasteiger partial charge in [0.15, 0.2) is 0 Å². The standard InChI is InChI=1S/C14H10ClF3N2O/c15-11-5-6-12(19-8-11)20-13(21)7-9-1-3-10(4-2-9)14(16,17)18/h1-6,8H,7H2,(H,19,20,21). The molecule has 0 atom stereocenters. The largest absolute Gasteiger partial charge is 0.416 e. The van der Waals surface area contributed by atoms with Gasteiger partial charge in [-0.25, -0.2) is 4.98 Å². The summed E-state index contributed by atoms with van der Waals surface area (Å²) in [5, 5.41) is 2.97. The van der Waals surface area contributed by atoms with Gasteiger partial charge in [-0.05, 0) is 29.8 Å². The molecule has 21 heavy (non-hydrogen) atoms. The summed E-state index contributed by atoms with van der Waals surface area (Å²) in [6, 6.07) is 7.55. The van der Waals surface area contributed by atoms with Gasteiger partial charge in [0.2, 0.25) is 5.91 Å². The topological polar surface area (TPSA) is 42.0 Å². The molecule has 0 radical (unpaired) electrons. The van der Waals surface area contributed by atoms with Crippen molar-refractivity contribution in [2.75, 3.05) is 5.32 Å². The van der Waals surface area contributed by atoms with Crippen molar-refractivity contribution in [3.8, 4) is 0 Å². The average molecular weight is 315 g/mol. The van der Waals surface area contributed by atoms with Crippen LogP contribution in [-0.2, 0) is 17.4 Å². The van der Waals surface area contributed by atoms with Gasteiger partial charge in [0, 0.05) is 6.20 Å². The molecule has 1 aromatic carbocycles. The molecule has 0 saturated carbocycles.